The summed E-state index contributed by atoms with van der Waals surface area (Å²) in [5.74, 6) is 0.364. The Kier molecular flexibility index (Phi) is 7.09. The highest BCUT2D eigenvalue weighted by Gasteiger charge is 2.37. The van der Waals surface area contributed by atoms with Gasteiger partial charge in [-0.05, 0) is 19.4 Å². The Balaban J connectivity index is 2.11. The molecule has 1 fully saturated rings. The maximum absolute atomic E-state index is 10.1. The van der Waals surface area contributed by atoms with Crippen molar-refractivity contribution in [1.29, 1.82) is 0 Å². The minimum atomic E-state index is -0.333. The summed E-state index contributed by atoms with van der Waals surface area (Å²) < 4.78 is 0. The van der Waals surface area contributed by atoms with Gasteiger partial charge in [-0.3, -0.25) is 4.90 Å². The van der Waals surface area contributed by atoms with Crippen LogP contribution in [-0.4, -0.2) is 47.5 Å². The fourth-order valence-corrected chi connectivity index (χ4v) is 2.88. The molecule has 1 saturated heterocycles. The van der Waals surface area contributed by atoms with Crippen molar-refractivity contribution < 1.29 is 10.2 Å². The topological polar surface area (TPSA) is 43.7 Å². The zero-order valence-electron chi connectivity index (χ0n) is 11.4. The Morgan fingerprint density at radius 1 is 1.12 bits per heavy atom. The van der Waals surface area contributed by atoms with Crippen LogP contribution < -0.4 is 0 Å². The maximum Gasteiger partial charge on any atom is 0.0757 e. The standard InChI is InChI=1S/C14H29NO2/c1-3-4-5-6-7-8-9-12-10-15(2)13(11-16)14(12)17/h12-14,16-17H,3-11H2,1-2H3/t12-,13-,14+/m0/s1. The lowest BCUT2D eigenvalue weighted by molar-refractivity contribution is 0.0636. The number of aliphatic hydroxyl groups is 2. The normalized spacial score (nSPS) is 30.0. The first-order valence-corrected chi connectivity index (χ1v) is 7.19. The van der Waals surface area contributed by atoms with Gasteiger partial charge in [-0.2, -0.15) is 0 Å². The molecular formula is C14H29NO2. The van der Waals surface area contributed by atoms with Crippen LogP contribution in [0.2, 0.25) is 0 Å². The van der Waals surface area contributed by atoms with E-state index in [-0.39, 0.29) is 18.8 Å². The van der Waals surface area contributed by atoms with Crippen LogP contribution in [0.15, 0.2) is 0 Å². The summed E-state index contributed by atoms with van der Waals surface area (Å²) in [6, 6.07) is -0.0416. The molecule has 0 aromatic rings. The third kappa shape index (κ3) is 4.57. The Morgan fingerprint density at radius 2 is 1.76 bits per heavy atom. The van der Waals surface area contributed by atoms with Crippen LogP contribution in [0, 0.1) is 5.92 Å². The van der Waals surface area contributed by atoms with E-state index in [0.29, 0.717) is 5.92 Å². The zero-order chi connectivity index (χ0) is 12.7. The van der Waals surface area contributed by atoms with Crippen molar-refractivity contribution in [3.63, 3.8) is 0 Å². The predicted octanol–water partition coefficient (Wildman–Crippen LogP) is 2.02. The minimum absolute atomic E-state index is 0.0416. The largest absolute Gasteiger partial charge is 0.395 e. The van der Waals surface area contributed by atoms with Gasteiger partial charge in [0.05, 0.1) is 18.8 Å². The Morgan fingerprint density at radius 3 is 2.35 bits per heavy atom. The molecule has 3 nitrogen and oxygen atoms in total. The van der Waals surface area contributed by atoms with Crippen molar-refractivity contribution in [2.75, 3.05) is 20.2 Å². The second-order valence-electron chi connectivity index (χ2n) is 5.50. The molecule has 1 heterocycles. The highest BCUT2D eigenvalue weighted by molar-refractivity contribution is 4.90. The van der Waals surface area contributed by atoms with E-state index >= 15 is 0 Å². The van der Waals surface area contributed by atoms with Gasteiger partial charge >= 0.3 is 0 Å². The number of hydrogen-bond acceptors (Lipinski definition) is 3. The first kappa shape index (κ1) is 14.9. The Labute approximate surface area is 106 Å². The first-order valence-electron chi connectivity index (χ1n) is 7.19. The first-order chi connectivity index (χ1) is 8.20. The van der Waals surface area contributed by atoms with Gasteiger partial charge in [-0.15, -0.1) is 0 Å². The molecule has 1 rings (SSSR count). The molecular weight excluding hydrogens is 214 g/mol. The van der Waals surface area contributed by atoms with E-state index in [0.717, 1.165) is 13.0 Å². The molecule has 0 radical (unpaired) electrons. The second kappa shape index (κ2) is 8.06. The molecule has 1 aliphatic rings. The average molecular weight is 243 g/mol. The van der Waals surface area contributed by atoms with Crippen LogP contribution in [0.25, 0.3) is 0 Å². The van der Waals surface area contributed by atoms with E-state index in [9.17, 15) is 10.2 Å². The van der Waals surface area contributed by atoms with Crippen LogP contribution in [-0.2, 0) is 0 Å². The van der Waals surface area contributed by atoms with Gasteiger partial charge in [-0.25, -0.2) is 0 Å². The van der Waals surface area contributed by atoms with Gasteiger partial charge < -0.3 is 10.2 Å². The van der Waals surface area contributed by atoms with Gasteiger partial charge in [0.15, 0.2) is 0 Å². The van der Waals surface area contributed by atoms with Gasteiger partial charge in [-0.1, -0.05) is 45.4 Å². The van der Waals surface area contributed by atoms with Crippen molar-refractivity contribution >= 4 is 0 Å². The number of nitrogens with zero attached hydrogens (tertiary/aromatic N) is 1. The number of hydrogen-bond donors (Lipinski definition) is 2. The average Bonchev–Trinajstić information content (AvgIpc) is 2.58. The summed E-state index contributed by atoms with van der Waals surface area (Å²) in [6.07, 6.45) is 8.60. The molecule has 0 aromatic heterocycles. The van der Waals surface area contributed by atoms with E-state index in [1.165, 1.54) is 38.5 Å². The van der Waals surface area contributed by atoms with E-state index < -0.39 is 0 Å². The molecule has 0 amide bonds. The maximum atomic E-state index is 10.1. The lowest BCUT2D eigenvalue weighted by Crippen LogP contribution is -2.36. The van der Waals surface area contributed by atoms with E-state index in [1.807, 2.05) is 7.05 Å². The molecule has 0 spiro atoms. The SMILES string of the molecule is CCCCCCCC[C@H]1CN(C)[C@@H](CO)[C@@H]1O. The van der Waals surface area contributed by atoms with E-state index in [4.69, 9.17) is 0 Å². The smallest absolute Gasteiger partial charge is 0.0757 e. The number of aliphatic hydroxyl groups excluding tert-OH is 2. The predicted molar refractivity (Wildman–Crippen MR) is 71.0 cm³/mol. The molecule has 0 aromatic carbocycles. The third-order valence-corrected chi connectivity index (χ3v) is 4.08. The highest BCUT2D eigenvalue weighted by Crippen LogP contribution is 2.26. The number of likely N-dealkylation sites (N-methyl/N-ethyl adjacent to an activating group) is 1. The molecule has 102 valence electrons. The summed E-state index contributed by atoms with van der Waals surface area (Å²) in [5.41, 5.74) is 0. The van der Waals surface area contributed by atoms with Crippen molar-refractivity contribution in [2.45, 2.75) is 64.0 Å². The fourth-order valence-electron chi connectivity index (χ4n) is 2.88. The number of unbranched alkanes of at least 4 members (excludes halogenated alkanes) is 5. The van der Waals surface area contributed by atoms with E-state index in [1.54, 1.807) is 0 Å². The number of rotatable bonds is 8. The van der Waals surface area contributed by atoms with Gasteiger partial charge in [0.25, 0.3) is 0 Å². The summed E-state index contributed by atoms with van der Waals surface area (Å²) in [6.45, 7) is 3.24. The van der Waals surface area contributed by atoms with Crippen molar-refractivity contribution in [3.8, 4) is 0 Å². The zero-order valence-corrected chi connectivity index (χ0v) is 11.4. The number of likely N-dealkylation sites (tertiary alicyclic amines) is 1. The quantitative estimate of drug-likeness (QED) is 0.641. The Bertz CT molecular complexity index is 199. The minimum Gasteiger partial charge on any atom is -0.395 e. The highest BCUT2D eigenvalue weighted by atomic mass is 16.3. The molecule has 1 aliphatic heterocycles. The molecule has 2 N–H and O–H groups in total. The molecule has 0 aliphatic carbocycles. The van der Waals surface area contributed by atoms with Gasteiger partial charge in [0.2, 0.25) is 0 Å². The van der Waals surface area contributed by atoms with Crippen LogP contribution in [0.3, 0.4) is 0 Å². The lowest BCUT2D eigenvalue weighted by atomic mass is 9.95. The Hall–Kier alpha value is -0.120. The van der Waals surface area contributed by atoms with Crippen molar-refractivity contribution in [2.24, 2.45) is 5.92 Å². The van der Waals surface area contributed by atoms with Gasteiger partial charge in [0.1, 0.15) is 0 Å². The summed E-state index contributed by atoms with van der Waals surface area (Å²) in [5, 5.41) is 19.2. The summed E-state index contributed by atoms with van der Waals surface area (Å²) >= 11 is 0. The molecule has 0 saturated carbocycles. The molecule has 3 atom stereocenters. The monoisotopic (exact) mass is 243 g/mol. The van der Waals surface area contributed by atoms with Gasteiger partial charge in [0, 0.05) is 6.54 Å². The van der Waals surface area contributed by atoms with Crippen molar-refractivity contribution in [1.82, 2.24) is 4.90 Å². The molecule has 0 unspecified atom stereocenters. The van der Waals surface area contributed by atoms with Crippen LogP contribution in [0.1, 0.15) is 51.9 Å². The molecule has 0 bridgehead atoms. The van der Waals surface area contributed by atoms with Crippen LogP contribution in [0.4, 0.5) is 0 Å². The second-order valence-corrected chi connectivity index (χ2v) is 5.50. The van der Waals surface area contributed by atoms with E-state index in [2.05, 4.69) is 11.8 Å². The third-order valence-electron chi connectivity index (χ3n) is 4.08. The van der Waals surface area contributed by atoms with Crippen LogP contribution >= 0.6 is 0 Å². The van der Waals surface area contributed by atoms with Crippen LogP contribution in [0.5, 0.6) is 0 Å². The molecule has 3 heteroatoms. The summed E-state index contributed by atoms with van der Waals surface area (Å²) in [4.78, 5) is 2.09. The van der Waals surface area contributed by atoms with Crippen molar-refractivity contribution in [3.05, 3.63) is 0 Å². The molecule has 17 heavy (non-hydrogen) atoms. The lowest BCUT2D eigenvalue weighted by Gasteiger charge is -2.19. The summed E-state index contributed by atoms with van der Waals surface area (Å²) in [7, 11) is 1.99. The fraction of sp³-hybridized carbons (Fsp3) is 1.00.